The van der Waals surface area contributed by atoms with E-state index in [4.69, 9.17) is 51.8 Å². The van der Waals surface area contributed by atoms with E-state index in [0.717, 1.165) is 56.9 Å². The van der Waals surface area contributed by atoms with Gasteiger partial charge in [0.25, 0.3) is 11.8 Å². The molecule has 0 saturated heterocycles. The van der Waals surface area contributed by atoms with Crippen molar-refractivity contribution < 1.29 is 112 Å². The molecule has 104 heavy (non-hydrogen) atoms. The molecule has 2 heterocycles. The molecule has 36 heteroatoms. The minimum atomic E-state index is -4.67. The fraction of sp³-hybridized carbons (Fsp3) is 0.324. The Kier molecular flexibility index (Phi) is 28.0. The number of aryl methyl sites for hydroxylation is 2. The summed E-state index contributed by atoms with van der Waals surface area (Å²) in [5.74, 6) is -8.02. The predicted molar refractivity (Wildman–Crippen MR) is 369 cm³/mol. The number of esters is 2. The van der Waals surface area contributed by atoms with Gasteiger partial charge in [-0.3, -0.25) is 38.3 Å². The molecule has 2 amide bonds. The number of hydrogen-bond donors (Lipinski definition) is 6. The molecule has 6 N–H and O–H groups in total. The quantitative estimate of drug-likeness (QED) is 0.00817. The van der Waals surface area contributed by atoms with Crippen LogP contribution in [0, 0.1) is 37.1 Å². The monoisotopic (exact) mass is 1490 g/mol. The lowest BCUT2D eigenvalue weighted by atomic mass is 10.1. The highest BCUT2D eigenvalue weighted by molar-refractivity contribution is 7.48. The molecular formula is C68H76F4N10O20P2. The highest BCUT2D eigenvalue weighted by Gasteiger charge is 2.37. The van der Waals surface area contributed by atoms with Crippen molar-refractivity contribution in [3.63, 3.8) is 0 Å². The predicted octanol–water partition coefficient (Wildman–Crippen LogP) is 12.2. The van der Waals surface area contributed by atoms with E-state index in [0.29, 0.717) is 27.4 Å². The van der Waals surface area contributed by atoms with Crippen molar-refractivity contribution >= 4 is 96.9 Å². The summed E-state index contributed by atoms with van der Waals surface area (Å²) in [6.07, 6.45) is -2.01. The molecule has 0 aliphatic carbocycles. The molecule has 0 bridgehead atoms. The molecule has 556 valence electrons. The molecule has 6 aromatic carbocycles. The molecule has 0 unspecified atom stereocenters. The van der Waals surface area contributed by atoms with Crippen LogP contribution < -0.4 is 21.3 Å². The van der Waals surface area contributed by atoms with Gasteiger partial charge in [0.2, 0.25) is 25.5 Å². The molecule has 0 radical (unpaired) electrons. The number of halogens is 4. The average Bonchev–Trinajstić information content (AvgIpc) is 1.64. The summed E-state index contributed by atoms with van der Waals surface area (Å²) in [6, 6.07) is 26.1. The summed E-state index contributed by atoms with van der Waals surface area (Å²) in [5, 5.41) is 20.2. The molecule has 0 aliphatic heterocycles. The first-order valence-corrected chi connectivity index (χ1v) is 34.3. The van der Waals surface area contributed by atoms with E-state index in [1.165, 1.54) is 50.6 Å². The maximum Gasteiger partial charge on any atom is 0.476 e. The molecule has 2 atom stereocenters. The normalized spacial score (nSPS) is 12.8. The highest BCUT2D eigenvalue weighted by Crippen LogP contribution is 2.56. The largest absolute Gasteiger partial charge is 0.476 e. The number of guanidine groups is 2. The van der Waals surface area contributed by atoms with Gasteiger partial charge in [-0.25, -0.2) is 55.9 Å². The number of amides is 2. The number of aromatic nitrogens is 4. The van der Waals surface area contributed by atoms with Crippen molar-refractivity contribution in [3.05, 3.63) is 189 Å². The number of carbonyl (C=O) groups is 6. The van der Waals surface area contributed by atoms with Crippen LogP contribution in [-0.4, -0.2) is 142 Å². The second kappa shape index (κ2) is 35.9. The lowest BCUT2D eigenvalue weighted by molar-refractivity contribution is -0.00379. The number of methoxy groups -OCH3 is 2. The topological polar surface area (TPSA) is 378 Å². The molecule has 2 aromatic heterocycles. The van der Waals surface area contributed by atoms with Gasteiger partial charge in [0, 0.05) is 36.1 Å². The summed E-state index contributed by atoms with van der Waals surface area (Å²) in [5.41, 5.74) is 1.32. The number of ether oxygens (including phenoxy) is 6. The van der Waals surface area contributed by atoms with Gasteiger partial charge in [0.15, 0.2) is 34.9 Å². The number of hydrogen-bond acceptors (Lipinski definition) is 22. The number of fused-ring (bicyclic) bond motifs is 2. The summed E-state index contributed by atoms with van der Waals surface area (Å²) in [4.78, 5) is 104. The summed E-state index contributed by atoms with van der Waals surface area (Å²) >= 11 is 0. The lowest BCUT2D eigenvalue weighted by Gasteiger charge is -2.30. The number of aliphatic imine (C=N–C) groups is 2. The smallest absolute Gasteiger partial charge is 0.424 e. The molecule has 0 saturated carbocycles. The van der Waals surface area contributed by atoms with Gasteiger partial charge in [-0.15, -0.1) is 10.2 Å². The van der Waals surface area contributed by atoms with Crippen molar-refractivity contribution in [1.29, 1.82) is 0 Å². The number of benzene rings is 6. The van der Waals surface area contributed by atoms with Gasteiger partial charge in [0.1, 0.15) is 0 Å². The maximum atomic E-state index is 13.9. The minimum Gasteiger partial charge on any atom is -0.424 e. The number of nitrogens with zero attached hydrogens (tertiary/aromatic N) is 6. The number of carbonyl (C=O) groups excluding carboxylic acids is 6. The summed E-state index contributed by atoms with van der Waals surface area (Å²) in [7, 11) is -5.69. The molecule has 8 aromatic rings. The van der Waals surface area contributed by atoms with Gasteiger partial charge >= 0.3 is 39.8 Å². The Labute approximate surface area is 593 Å². The van der Waals surface area contributed by atoms with Crippen LogP contribution in [0.25, 0.3) is 21.8 Å². The second-order valence-corrected chi connectivity index (χ2v) is 27.5. The standard InChI is InChI=1S/C38H46F2N5O10P.C30H30F2N5O10P/c1-23-10-16-28-31(18-23)45(44-32(28)42-35(41-24(2)20-50-9)43-33(46)27-15-17-29(39)30(40)19-27)36(48)52-22-51-34(47)26-13-11-25(12-14-26)21-53-56(49,54-37(3,4)5)55-38(6,7)8;1-17-4-10-22-25(12-17)37(30(40)46-16-45-28(39)20-7-5-19(6-8-20)15-47-48(41,42)43)36-26(22)34-29(33-18(2)14-44-3)35-27(38)21-9-11-23(31)24(32)13-21/h10-19,24H,20-22H2,1-9H3,(H2,41,42,43,44,46);4-13,18H,14-16H2,1-3H3,(H2,41,42,43)(H2,33,34,35,36,38)/t24-;18-/m00/s1. The van der Waals surface area contributed by atoms with E-state index < -0.39 is 112 Å². The minimum absolute atomic E-state index is 0.0655. The third-order valence-corrected chi connectivity index (χ3v) is 16.0. The molecule has 0 fully saturated rings. The zero-order chi connectivity index (χ0) is 76.4. The van der Waals surface area contributed by atoms with E-state index in [-0.39, 0.29) is 77.8 Å². The number of nitrogens with one attached hydrogen (secondary N) is 4. The van der Waals surface area contributed by atoms with Crippen LogP contribution in [0.5, 0.6) is 0 Å². The fourth-order valence-electron chi connectivity index (χ4n) is 9.04. The van der Waals surface area contributed by atoms with Crippen molar-refractivity contribution in [1.82, 2.24) is 30.2 Å². The van der Waals surface area contributed by atoms with Gasteiger partial charge in [-0.1, -0.05) is 36.4 Å². The van der Waals surface area contributed by atoms with Gasteiger partial charge in [0.05, 0.1) is 71.9 Å². The van der Waals surface area contributed by atoms with Crippen molar-refractivity contribution in [2.24, 2.45) is 9.98 Å². The van der Waals surface area contributed by atoms with E-state index in [1.54, 1.807) is 118 Å². The number of rotatable bonds is 24. The molecule has 0 spiro atoms. The van der Waals surface area contributed by atoms with E-state index in [1.807, 2.05) is 0 Å². The van der Waals surface area contributed by atoms with Gasteiger partial charge in [-0.2, -0.15) is 9.36 Å². The first kappa shape index (κ1) is 81.2. The van der Waals surface area contributed by atoms with Crippen LogP contribution in [0.3, 0.4) is 0 Å². The van der Waals surface area contributed by atoms with Crippen LogP contribution in [-0.2, 0) is 68.9 Å². The Bertz CT molecular complexity index is 4580. The first-order valence-electron chi connectivity index (χ1n) is 31.3. The van der Waals surface area contributed by atoms with Gasteiger partial charge in [-0.05, 0) is 176 Å². The van der Waals surface area contributed by atoms with Crippen molar-refractivity contribution in [3.8, 4) is 0 Å². The Morgan fingerprint density at radius 3 is 1.22 bits per heavy atom. The Balaban J connectivity index is 0.000000294. The third-order valence-electron chi connectivity index (χ3n) is 13.5. The van der Waals surface area contributed by atoms with Crippen LogP contribution in [0.15, 0.2) is 131 Å². The van der Waals surface area contributed by atoms with Crippen LogP contribution in [0.2, 0.25) is 0 Å². The SMILES string of the molecule is COC[C@H](C)N=C(NC(=O)c1ccc(F)c(F)c1)Nc1nn(C(=O)OCOC(=O)c2ccc(COP(=O)(O)O)cc2)c2cc(C)ccc12.COC[C@H](C)N=C(NC(=O)c1ccc(F)c(F)c1)Nc1nn(C(=O)OCOC(=O)c2ccc(COP(=O)(OC(C)(C)C)OC(C)(C)C)cc2)c2cc(C)ccc12. The number of phosphoric acid groups is 2. The van der Waals surface area contributed by atoms with Crippen molar-refractivity contribution in [2.45, 2.75) is 106 Å². The van der Waals surface area contributed by atoms with Crippen molar-refractivity contribution in [2.75, 3.05) is 51.7 Å². The number of phosphoric ester groups is 2. The second-order valence-electron chi connectivity index (χ2n) is 24.7. The summed E-state index contributed by atoms with van der Waals surface area (Å²) < 4.78 is 133. The zero-order valence-electron chi connectivity index (χ0n) is 58.3. The highest BCUT2D eigenvalue weighted by atomic mass is 31.2. The molecular weight excluding hydrogens is 1410 g/mol. The number of anilines is 2. The zero-order valence-corrected chi connectivity index (χ0v) is 60.1. The maximum absolute atomic E-state index is 13.9. The van der Waals surface area contributed by atoms with E-state index in [9.17, 15) is 55.5 Å². The molecule has 0 aliphatic rings. The Morgan fingerprint density at radius 2 is 0.875 bits per heavy atom. The Hall–Kier alpha value is -10.1. The Morgan fingerprint density at radius 1 is 0.510 bits per heavy atom. The van der Waals surface area contributed by atoms with Gasteiger partial charge < -0.3 is 48.8 Å². The third kappa shape index (κ3) is 24.5. The lowest BCUT2D eigenvalue weighted by Crippen LogP contribution is -2.37. The van der Waals surface area contributed by atoms with Crippen LogP contribution in [0.1, 0.15) is 119 Å². The molecule has 8 rings (SSSR count). The van der Waals surface area contributed by atoms with Crippen LogP contribution in [0.4, 0.5) is 38.8 Å². The van der Waals surface area contributed by atoms with E-state index >= 15 is 0 Å². The van der Waals surface area contributed by atoms with Crippen LogP contribution >= 0.6 is 15.6 Å². The van der Waals surface area contributed by atoms with E-state index in [2.05, 4.69) is 46.0 Å². The summed E-state index contributed by atoms with van der Waals surface area (Å²) in [6.45, 7) is 15.6. The fourth-order valence-corrected chi connectivity index (χ4v) is 11.2. The molecule has 30 nitrogen and oxygen atoms in total. The first-order chi connectivity index (χ1) is 48.9. The average molecular weight is 1490 g/mol.